The first-order valence-corrected chi connectivity index (χ1v) is 12.5. The van der Waals surface area contributed by atoms with E-state index in [4.69, 9.17) is 9.84 Å². The first kappa shape index (κ1) is 23.9. The maximum atomic E-state index is 12.2. The molecule has 2 aromatic carbocycles. The van der Waals surface area contributed by atoms with Gasteiger partial charge in [-0.15, -0.1) is 0 Å². The highest BCUT2D eigenvalue weighted by molar-refractivity contribution is 7.99. The van der Waals surface area contributed by atoms with Crippen LogP contribution >= 0.6 is 11.8 Å². The summed E-state index contributed by atoms with van der Waals surface area (Å²) in [6.45, 7) is 0.653. The Morgan fingerprint density at radius 1 is 1.03 bits per heavy atom. The van der Waals surface area contributed by atoms with Crippen molar-refractivity contribution in [1.82, 2.24) is 10.6 Å². The normalized spacial score (nSPS) is 18.6. The zero-order valence-corrected chi connectivity index (χ0v) is 19.6. The minimum absolute atomic E-state index is 0.0192. The number of rotatable bonds is 9. The van der Waals surface area contributed by atoms with Crippen LogP contribution in [0.15, 0.2) is 60.7 Å². The summed E-state index contributed by atoms with van der Waals surface area (Å²) < 4.78 is 5.50. The number of nitrogens with one attached hydrogen (secondary N) is 2. The summed E-state index contributed by atoms with van der Waals surface area (Å²) >= 11 is 1.40. The van der Waals surface area contributed by atoms with Gasteiger partial charge in [0.1, 0.15) is 6.61 Å². The second kappa shape index (κ2) is 11.2. The number of aliphatic carboxylic acids is 1. The van der Waals surface area contributed by atoms with Gasteiger partial charge >= 0.3 is 12.1 Å². The quantitative estimate of drug-likeness (QED) is 0.373. The van der Waals surface area contributed by atoms with E-state index in [1.54, 1.807) is 6.08 Å². The first-order chi connectivity index (χ1) is 16.5. The Kier molecular flexibility index (Phi) is 7.90. The summed E-state index contributed by atoms with van der Waals surface area (Å²) in [7, 11) is 0. The summed E-state index contributed by atoms with van der Waals surface area (Å²) in [5.74, 6) is -0.608. The van der Waals surface area contributed by atoms with Crippen molar-refractivity contribution in [3.05, 3.63) is 71.8 Å². The maximum Gasteiger partial charge on any atom is 0.407 e. The smallest absolute Gasteiger partial charge is 0.407 e. The van der Waals surface area contributed by atoms with Crippen LogP contribution in [0, 0.1) is 5.92 Å². The van der Waals surface area contributed by atoms with Crippen molar-refractivity contribution in [1.29, 1.82) is 0 Å². The number of fused-ring (bicyclic) bond motifs is 3. The number of carbonyl (C=O) groups is 3. The molecular weight excluding hydrogens is 452 g/mol. The van der Waals surface area contributed by atoms with E-state index in [0.717, 1.165) is 0 Å². The van der Waals surface area contributed by atoms with Crippen molar-refractivity contribution < 1.29 is 24.2 Å². The molecule has 0 fully saturated rings. The average molecular weight is 481 g/mol. The second-order valence-corrected chi connectivity index (χ2v) is 9.52. The summed E-state index contributed by atoms with van der Waals surface area (Å²) in [5, 5.41) is 14.7. The number of ether oxygens (including phenoxy) is 1. The Bertz CT molecular complexity index is 1040. The van der Waals surface area contributed by atoms with Gasteiger partial charge < -0.3 is 20.5 Å². The van der Waals surface area contributed by atoms with E-state index in [0.29, 0.717) is 25.1 Å². The van der Waals surface area contributed by atoms with Crippen molar-refractivity contribution in [3.63, 3.8) is 0 Å². The number of hydrogen-bond donors (Lipinski definition) is 3. The van der Waals surface area contributed by atoms with Crippen LogP contribution in [0.1, 0.15) is 29.9 Å². The van der Waals surface area contributed by atoms with Crippen LogP contribution in [0.2, 0.25) is 0 Å². The molecule has 0 radical (unpaired) electrons. The summed E-state index contributed by atoms with van der Waals surface area (Å²) in [6.07, 6.45) is 4.09. The lowest BCUT2D eigenvalue weighted by atomic mass is 9.91. The highest BCUT2D eigenvalue weighted by Gasteiger charge is 2.29. The van der Waals surface area contributed by atoms with Gasteiger partial charge in [-0.2, -0.15) is 11.8 Å². The van der Waals surface area contributed by atoms with Crippen molar-refractivity contribution >= 4 is 29.7 Å². The minimum atomic E-state index is -0.836. The van der Waals surface area contributed by atoms with Crippen LogP contribution in [0.25, 0.3) is 11.1 Å². The monoisotopic (exact) mass is 480 g/mol. The molecule has 34 heavy (non-hydrogen) atoms. The lowest BCUT2D eigenvalue weighted by Gasteiger charge is -2.22. The van der Waals surface area contributed by atoms with E-state index in [-0.39, 0.29) is 30.2 Å². The number of thioether (sulfide) groups is 1. The fraction of sp³-hybridized carbons (Fsp3) is 0.346. The molecule has 2 aliphatic carbocycles. The van der Waals surface area contributed by atoms with E-state index >= 15 is 0 Å². The number of benzene rings is 2. The number of carboxylic acids is 1. The van der Waals surface area contributed by atoms with Crippen LogP contribution in [-0.4, -0.2) is 53.8 Å². The van der Waals surface area contributed by atoms with Crippen molar-refractivity contribution in [2.45, 2.75) is 24.8 Å². The van der Waals surface area contributed by atoms with Crippen molar-refractivity contribution in [2.75, 3.05) is 24.7 Å². The maximum absolute atomic E-state index is 12.2. The topological polar surface area (TPSA) is 105 Å². The SMILES string of the molecule is O=C(CSCCNC(=O)OCC1c2ccccc2-c2ccccc21)N[C@@H]1C=CC[C@@H](C(=O)O)C1. The molecule has 0 saturated carbocycles. The number of alkyl carbamates (subject to hydrolysis) is 1. The minimum Gasteiger partial charge on any atom is -0.481 e. The molecule has 7 nitrogen and oxygen atoms in total. The van der Waals surface area contributed by atoms with Crippen LogP contribution in [0.3, 0.4) is 0 Å². The highest BCUT2D eigenvalue weighted by atomic mass is 32.2. The molecule has 2 amide bonds. The molecule has 2 aromatic rings. The zero-order chi connectivity index (χ0) is 23.9. The molecule has 0 spiro atoms. The van der Waals surface area contributed by atoms with Crippen molar-refractivity contribution in [2.24, 2.45) is 5.92 Å². The average Bonchev–Trinajstić information content (AvgIpc) is 3.16. The molecule has 3 N–H and O–H groups in total. The van der Waals surface area contributed by atoms with Gasteiger partial charge in [-0.3, -0.25) is 9.59 Å². The molecule has 2 atom stereocenters. The van der Waals surface area contributed by atoms with E-state index in [2.05, 4.69) is 34.9 Å². The molecule has 0 bridgehead atoms. The van der Waals surface area contributed by atoms with E-state index in [9.17, 15) is 14.4 Å². The molecule has 8 heteroatoms. The number of amides is 2. The van der Waals surface area contributed by atoms with Crippen LogP contribution in [0.4, 0.5) is 4.79 Å². The fourth-order valence-electron chi connectivity index (χ4n) is 4.49. The fourth-order valence-corrected chi connectivity index (χ4v) is 5.14. The Balaban J connectivity index is 1.14. The van der Waals surface area contributed by atoms with Crippen LogP contribution in [-0.2, 0) is 14.3 Å². The molecule has 2 aliphatic rings. The Labute approximate surface area is 203 Å². The summed E-state index contributed by atoms with van der Waals surface area (Å²) in [6, 6.07) is 16.1. The summed E-state index contributed by atoms with van der Waals surface area (Å²) in [4.78, 5) is 35.4. The highest BCUT2D eigenvalue weighted by Crippen LogP contribution is 2.44. The molecule has 0 heterocycles. The Hall–Kier alpha value is -3.26. The number of carbonyl (C=O) groups excluding carboxylic acids is 2. The zero-order valence-electron chi connectivity index (χ0n) is 18.7. The van der Waals surface area contributed by atoms with Gasteiger partial charge in [-0.1, -0.05) is 60.7 Å². The molecule has 0 aromatic heterocycles. The van der Waals surface area contributed by atoms with E-state index in [1.807, 2.05) is 30.3 Å². The third-order valence-electron chi connectivity index (χ3n) is 6.12. The van der Waals surface area contributed by atoms with Gasteiger partial charge in [0.05, 0.1) is 11.7 Å². The molecule has 0 saturated heterocycles. The number of hydrogen-bond acceptors (Lipinski definition) is 5. The molecular formula is C26H28N2O5S. The summed E-state index contributed by atoms with van der Waals surface area (Å²) in [5.41, 5.74) is 4.70. The van der Waals surface area contributed by atoms with Gasteiger partial charge in [0.2, 0.25) is 5.91 Å². The lowest BCUT2D eigenvalue weighted by molar-refractivity contribution is -0.142. The Morgan fingerprint density at radius 3 is 2.38 bits per heavy atom. The van der Waals surface area contributed by atoms with E-state index < -0.39 is 18.0 Å². The van der Waals surface area contributed by atoms with Gasteiger partial charge in [0.15, 0.2) is 0 Å². The Morgan fingerprint density at radius 2 is 1.71 bits per heavy atom. The van der Waals surface area contributed by atoms with Gasteiger partial charge in [-0.05, 0) is 35.1 Å². The third kappa shape index (κ3) is 5.80. The first-order valence-electron chi connectivity index (χ1n) is 11.4. The third-order valence-corrected chi connectivity index (χ3v) is 7.07. The number of allylic oxidation sites excluding steroid dienone is 1. The predicted molar refractivity (Wildman–Crippen MR) is 132 cm³/mol. The predicted octanol–water partition coefficient (Wildman–Crippen LogP) is 3.79. The van der Waals surface area contributed by atoms with Gasteiger partial charge in [-0.25, -0.2) is 4.79 Å². The van der Waals surface area contributed by atoms with Crippen LogP contribution < -0.4 is 10.6 Å². The molecule has 178 valence electrons. The van der Waals surface area contributed by atoms with Gasteiger partial charge in [0.25, 0.3) is 0 Å². The lowest BCUT2D eigenvalue weighted by Crippen LogP contribution is -2.38. The second-order valence-electron chi connectivity index (χ2n) is 8.41. The number of carboxylic acid groups (broad SMARTS) is 1. The van der Waals surface area contributed by atoms with Crippen molar-refractivity contribution in [3.8, 4) is 11.1 Å². The van der Waals surface area contributed by atoms with Gasteiger partial charge in [0, 0.05) is 24.3 Å². The molecule has 4 rings (SSSR count). The molecule has 0 unspecified atom stereocenters. The van der Waals surface area contributed by atoms with E-state index in [1.165, 1.54) is 34.0 Å². The molecule has 0 aliphatic heterocycles. The van der Waals surface area contributed by atoms with Crippen LogP contribution in [0.5, 0.6) is 0 Å². The standard InChI is InChI=1S/C26H28N2O5S/c29-24(28-18-7-5-6-17(14-18)25(30)31)16-34-13-12-27-26(32)33-15-23-21-10-3-1-8-19(21)20-9-2-4-11-22(20)23/h1-5,7-11,17-18,23H,6,12-16H2,(H,27,32)(H,28,29)(H,30,31)/t17-,18-/m1/s1. The largest absolute Gasteiger partial charge is 0.481 e.